The fraction of sp³-hybridized carbons (Fsp3) is 0.370. The van der Waals surface area contributed by atoms with E-state index in [1.165, 1.54) is 25.3 Å². The van der Waals surface area contributed by atoms with Gasteiger partial charge in [-0.15, -0.1) is 0 Å². The van der Waals surface area contributed by atoms with Gasteiger partial charge in [0.25, 0.3) is 0 Å². The van der Waals surface area contributed by atoms with E-state index < -0.39 is 5.54 Å². The van der Waals surface area contributed by atoms with Crippen LogP contribution < -0.4 is 10.1 Å². The lowest BCUT2D eigenvalue weighted by atomic mass is 9.90. The maximum absolute atomic E-state index is 11.5. The van der Waals surface area contributed by atoms with Crippen LogP contribution in [0.3, 0.4) is 0 Å². The number of hydrogen-bond acceptors (Lipinski definition) is 4. The highest BCUT2D eigenvalue weighted by atomic mass is 16.5. The first kappa shape index (κ1) is 23.8. The summed E-state index contributed by atoms with van der Waals surface area (Å²) < 4.78 is 6.21. The van der Waals surface area contributed by atoms with Gasteiger partial charge in [-0.1, -0.05) is 55.8 Å². The molecule has 3 aromatic rings. The number of carbonyl (C=O) groups excluding carboxylic acids is 1. The SMILES string of the molecule is CCCCc1ccc(Oc2ccc(CCC(CO)(CO)NC(C)=O)c3ccccc23)cc1. The van der Waals surface area contributed by atoms with Gasteiger partial charge in [0.05, 0.1) is 18.8 Å². The smallest absolute Gasteiger partial charge is 0.217 e. The Morgan fingerprint density at radius 1 is 0.938 bits per heavy atom. The first-order chi connectivity index (χ1) is 15.5. The molecule has 0 bridgehead atoms. The second-order valence-electron chi connectivity index (χ2n) is 8.40. The molecule has 0 atom stereocenters. The van der Waals surface area contributed by atoms with Crippen LogP contribution in [-0.2, 0) is 17.6 Å². The van der Waals surface area contributed by atoms with Crippen molar-refractivity contribution in [1.82, 2.24) is 5.32 Å². The number of aliphatic hydroxyl groups excluding tert-OH is 2. The molecule has 3 rings (SSSR count). The molecule has 5 nitrogen and oxygen atoms in total. The highest BCUT2D eigenvalue weighted by Crippen LogP contribution is 2.33. The van der Waals surface area contributed by atoms with E-state index in [0.29, 0.717) is 12.8 Å². The molecule has 0 spiro atoms. The summed E-state index contributed by atoms with van der Waals surface area (Å²) in [6.07, 6.45) is 4.45. The Morgan fingerprint density at radius 3 is 2.25 bits per heavy atom. The first-order valence-corrected chi connectivity index (χ1v) is 11.3. The number of nitrogens with one attached hydrogen (secondary N) is 1. The number of amides is 1. The van der Waals surface area contributed by atoms with Gasteiger partial charge in [-0.2, -0.15) is 0 Å². The Kier molecular flexibility index (Phi) is 8.26. The monoisotopic (exact) mass is 435 g/mol. The summed E-state index contributed by atoms with van der Waals surface area (Å²) in [6, 6.07) is 20.3. The number of aliphatic hydroxyl groups is 2. The predicted octanol–water partition coefficient (Wildman–Crippen LogP) is 4.77. The van der Waals surface area contributed by atoms with E-state index in [0.717, 1.165) is 34.3 Å². The fourth-order valence-electron chi connectivity index (χ4n) is 3.97. The highest BCUT2D eigenvalue weighted by molar-refractivity contribution is 5.91. The summed E-state index contributed by atoms with van der Waals surface area (Å²) in [5, 5.41) is 24.4. The summed E-state index contributed by atoms with van der Waals surface area (Å²) in [6.45, 7) is 2.94. The highest BCUT2D eigenvalue weighted by Gasteiger charge is 2.29. The van der Waals surface area contributed by atoms with Crippen molar-refractivity contribution in [2.45, 2.75) is 51.5 Å². The lowest BCUT2D eigenvalue weighted by Crippen LogP contribution is -2.53. The molecule has 3 aromatic carbocycles. The van der Waals surface area contributed by atoms with E-state index in [1.54, 1.807) is 0 Å². The van der Waals surface area contributed by atoms with E-state index in [2.05, 4.69) is 24.4 Å². The van der Waals surface area contributed by atoms with Gasteiger partial charge >= 0.3 is 0 Å². The van der Waals surface area contributed by atoms with Gasteiger partial charge < -0.3 is 20.3 Å². The van der Waals surface area contributed by atoms with E-state index in [4.69, 9.17) is 4.74 Å². The molecule has 0 aliphatic rings. The number of benzene rings is 3. The first-order valence-electron chi connectivity index (χ1n) is 11.3. The Hall–Kier alpha value is -2.89. The Morgan fingerprint density at radius 2 is 1.62 bits per heavy atom. The number of rotatable bonds is 11. The molecule has 0 radical (unpaired) electrons. The lowest BCUT2D eigenvalue weighted by Gasteiger charge is -2.30. The Bertz CT molecular complexity index is 1030. The van der Waals surface area contributed by atoms with Crippen LogP contribution in [0.4, 0.5) is 0 Å². The maximum atomic E-state index is 11.5. The largest absolute Gasteiger partial charge is 0.457 e. The Labute approximate surface area is 190 Å². The van der Waals surface area contributed by atoms with Gasteiger partial charge in [0, 0.05) is 12.3 Å². The third-order valence-electron chi connectivity index (χ3n) is 5.86. The average Bonchev–Trinajstić information content (AvgIpc) is 2.82. The number of carbonyl (C=O) groups is 1. The third kappa shape index (κ3) is 5.87. The zero-order valence-corrected chi connectivity index (χ0v) is 18.9. The molecular weight excluding hydrogens is 402 g/mol. The summed E-state index contributed by atoms with van der Waals surface area (Å²) in [5.41, 5.74) is 1.34. The second kappa shape index (κ2) is 11.1. The quantitative estimate of drug-likeness (QED) is 0.405. The molecule has 32 heavy (non-hydrogen) atoms. The Balaban J connectivity index is 1.82. The zero-order chi connectivity index (χ0) is 23.0. The maximum Gasteiger partial charge on any atom is 0.217 e. The van der Waals surface area contributed by atoms with Crippen LogP contribution >= 0.6 is 0 Å². The number of unbranched alkanes of at least 4 members (excludes halogenated alkanes) is 1. The van der Waals surface area contributed by atoms with Gasteiger partial charge in [0.15, 0.2) is 0 Å². The van der Waals surface area contributed by atoms with E-state index in [9.17, 15) is 15.0 Å². The van der Waals surface area contributed by atoms with Crippen molar-refractivity contribution in [2.24, 2.45) is 0 Å². The number of fused-ring (bicyclic) bond motifs is 1. The molecule has 3 N–H and O–H groups in total. The summed E-state index contributed by atoms with van der Waals surface area (Å²) in [7, 11) is 0. The van der Waals surface area contributed by atoms with Crippen molar-refractivity contribution in [3.05, 3.63) is 71.8 Å². The van der Waals surface area contributed by atoms with Crippen LogP contribution in [0.15, 0.2) is 60.7 Å². The molecule has 0 aromatic heterocycles. The van der Waals surface area contributed by atoms with Crippen LogP contribution in [0.2, 0.25) is 0 Å². The van der Waals surface area contributed by atoms with Crippen molar-refractivity contribution in [3.8, 4) is 11.5 Å². The van der Waals surface area contributed by atoms with Gasteiger partial charge in [0.2, 0.25) is 5.91 Å². The fourth-order valence-corrected chi connectivity index (χ4v) is 3.97. The van der Waals surface area contributed by atoms with Gasteiger partial charge in [-0.05, 0) is 60.4 Å². The van der Waals surface area contributed by atoms with Crippen molar-refractivity contribution < 1.29 is 19.7 Å². The summed E-state index contributed by atoms with van der Waals surface area (Å²) >= 11 is 0. The van der Waals surface area contributed by atoms with Crippen molar-refractivity contribution in [1.29, 1.82) is 0 Å². The molecule has 1 amide bonds. The number of aryl methyl sites for hydroxylation is 2. The minimum Gasteiger partial charge on any atom is -0.457 e. The van der Waals surface area contributed by atoms with Crippen LogP contribution in [0.25, 0.3) is 10.8 Å². The van der Waals surface area contributed by atoms with E-state index in [1.807, 2.05) is 48.5 Å². The summed E-state index contributed by atoms with van der Waals surface area (Å²) in [5.74, 6) is 1.30. The van der Waals surface area contributed by atoms with Gasteiger partial charge in [-0.3, -0.25) is 4.79 Å². The molecule has 0 aliphatic heterocycles. The van der Waals surface area contributed by atoms with E-state index >= 15 is 0 Å². The van der Waals surface area contributed by atoms with Crippen LogP contribution in [-0.4, -0.2) is 34.9 Å². The molecule has 0 unspecified atom stereocenters. The molecule has 0 saturated carbocycles. The minimum absolute atomic E-state index is 0.276. The molecule has 0 saturated heterocycles. The zero-order valence-electron chi connectivity index (χ0n) is 18.9. The molecule has 5 heteroatoms. The standard InChI is InChI=1S/C27H33NO4/c1-3-4-7-21-10-13-23(14-11-21)32-26-15-12-22(24-8-5-6-9-25(24)26)16-17-27(18-29,19-30)28-20(2)31/h5-6,8-15,29-30H,3-4,7,16-19H2,1-2H3,(H,28,31). The lowest BCUT2D eigenvalue weighted by molar-refractivity contribution is -0.122. The third-order valence-corrected chi connectivity index (χ3v) is 5.86. The van der Waals surface area contributed by atoms with Crippen molar-refractivity contribution >= 4 is 16.7 Å². The molecule has 0 aliphatic carbocycles. The number of ether oxygens (including phenoxy) is 1. The van der Waals surface area contributed by atoms with Gasteiger partial charge in [-0.25, -0.2) is 0 Å². The average molecular weight is 436 g/mol. The molecule has 170 valence electrons. The van der Waals surface area contributed by atoms with Crippen molar-refractivity contribution in [2.75, 3.05) is 13.2 Å². The number of hydrogen-bond donors (Lipinski definition) is 3. The molecule has 0 heterocycles. The normalized spacial score (nSPS) is 11.5. The second-order valence-corrected chi connectivity index (χ2v) is 8.40. The van der Waals surface area contributed by atoms with Crippen molar-refractivity contribution in [3.63, 3.8) is 0 Å². The van der Waals surface area contributed by atoms with Crippen LogP contribution in [0.5, 0.6) is 11.5 Å². The van der Waals surface area contributed by atoms with E-state index in [-0.39, 0.29) is 19.1 Å². The van der Waals surface area contributed by atoms with Gasteiger partial charge in [0.1, 0.15) is 11.5 Å². The molecular formula is C27H33NO4. The van der Waals surface area contributed by atoms with Crippen LogP contribution in [0.1, 0.15) is 44.2 Å². The minimum atomic E-state index is -1.04. The topological polar surface area (TPSA) is 78.8 Å². The molecule has 0 fully saturated rings. The summed E-state index contributed by atoms with van der Waals surface area (Å²) in [4.78, 5) is 11.5. The van der Waals surface area contributed by atoms with Crippen LogP contribution in [0, 0.1) is 0 Å². The predicted molar refractivity (Wildman–Crippen MR) is 128 cm³/mol.